The smallest absolute Gasteiger partial charge is 0.410 e. The van der Waals surface area contributed by atoms with Gasteiger partial charge in [-0.1, -0.05) is 91.0 Å². The minimum absolute atomic E-state index is 0.146. The second kappa shape index (κ2) is 10.1. The zero-order valence-electron chi connectivity index (χ0n) is 17.7. The Morgan fingerprint density at radius 1 is 0.781 bits per heavy atom. The van der Waals surface area contributed by atoms with Crippen molar-refractivity contribution in [1.29, 1.82) is 0 Å². The predicted molar refractivity (Wildman–Crippen MR) is 121 cm³/mol. The molecule has 162 valence electrons. The highest BCUT2D eigenvalue weighted by molar-refractivity contribution is 6.16. The van der Waals surface area contributed by atoms with E-state index in [1.54, 1.807) is 53.4 Å². The number of benzene rings is 3. The van der Waals surface area contributed by atoms with Crippen LogP contribution in [0.5, 0.6) is 0 Å². The summed E-state index contributed by atoms with van der Waals surface area (Å²) in [7, 11) is 0. The molecular weight excluding hydrogens is 402 g/mol. The van der Waals surface area contributed by atoms with E-state index in [0.29, 0.717) is 30.5 Å². The number of Topliss-reactive ketones (excluding diaryl/α,β-unsaturated/α-hetero) is 2. The molecule has 3 aromatic carbocycles. The molecule has 1 atom stereocenters. The molecule has 5 nitrogen and oxygen atoms in total. The Labute approximate surface area is 187 Å². The summed E-state index contributed by atoms with van der Waals surface area (Å²) in [5.41, 5.74) is 1.81. The lowest BCUT2D eigenvalue weighted by Gasteiger charge is -2.29. The molecule has 1 aliphatic heterocycles. The molecule has 0 bridgehead atoms. The van der Waals surface area contributed by atoms with Gasteiger partial charge in [-0.05, 0) is 18.4 Å². The second-order valence-electron chi connectivity index (χ2n) is 7.88. The molecule has 32 heavy (non-hydrogen) atoms. The van der Waals surface area contributed by atoms with E-state index in [0.717, 1.165) is 5.56 Å². The van der Waals surface area contributed by atoms with Crippen LogP contribution in [-0.2, 0) is 11.3 Å². The van der Waals surface area contributed by atoms with Gasteiger partial charge >= 0.3 is 6.09 Å². The third-order valence-corrected chi connectivity index (χ3v) is 5.81. The van der Waals surface area contributed by atoms with Crippen LogP contribution in [0.1, 0.15) is 39.1 Å². The van der Waals surface area contributed by atoms with Gasteiger partial charge in [0.15, 0.2) is 11.6 Å². The number of ketones is 2. The van der Waals surface area contributed by atoms with E-state index >= 15 is 0 Å². The molecule has 1 unspecified atom stereocenters. The van der Waals surface area contributed by atoms with Crippen LogP contribution in [0.2, 0.25) is 0 Å². The van der Waals surface area contributed by atoms with Crippen molar-refractivity contribution in [3.8, 4) is 0 Å². The summed E-state index contributed by atoms with van der Waals surface area (Å²) >= 11 is 0. The molecule has 0 radical (unpaired) electrons. The van der Waals surface area contributed by atoms with Crippen molar-refractivity contribution in [2.75, 3.05) is 6.54 Å². The fourth-order valence-electron chi connectivity index (χ4n) is 4.20. The zero-order chi connectivity index (χ0) is 22.3. The quantitative estimate of drug-likeness (QED) is 0.385. The lowest BCUT2D eigenvalue weighted by Crippen LogP contribution is -2.46. The SMILES string of the molecule is O=C(c1ccccc1)C(C(=O)c1ccccc1)C1CCCN1C(=O)OCc1ccccc1. The summed E-state index contributed by atoms with van der Waals surface area (Å²) < 4.78 is 5.53. The van der Waals surface area contributed by atoms with E-state index < -0.39 is 18.1 Å². The number of amides is 1. The fourth-order valence-corrected chi connectivity index (χ4v) is 4.20. The highest BCUT2D eigenvalue weighted by Crippen LogP contribution is 2.30. The first-order valence-corrected chi connectivity index (χ1v) is 10.8. The molecule has 1 fully saturated rings. The van der Waals surface area contributed by atoms with Gasteiger partial charge in [-0.25, -0.2) is 4.79 Å². The van der Waals surface area contributed by atoms with Crippen LogP contribution in [0.4, 0.5) is 4.79 Å². The number of likely N-dealkylation sites (tertiary alicyclic amines) is 1. The van der Waals surface area contributed by atoms with Crippen LogP contribution in [0.15, 0.2) is 91.0 Å². The van der Waals surface area contributed by atoms with E-state index in [-0.39, 0.29) is 18.2 Å². The third kappa shape index (κ3) is 4.78. The molecule has 0 saturated carbocycles. The van der Waals surface area contributed by atoms with Gasteiger partial charge < -0.3 is 9.64 Å². The number of carbonyl (C=O) groups excluding carboxylic acids is 3. The van der Waals surface area contributed by atoms with Crippen molar-refractivity contribution in [2.24, 2.45) is 5.92 Å². The molecule has 5 heteroatoms. The maximum Gasteiger partial charge on any atom is 0.410 e. The van der Waals surface area contributed by atoms with Gasteiger partial charge in [-0.2, -0.15) is 0 Å². The van der Waals surface area contributed by atoms with E-state index in [4.69, 9.17) is 4.74 Å². The number of carbonyl (C=O) groups is 3. The third-order valence-electron chi connectivity index (χ3n) is 5.81. The van der Waals surface area contributed by atoms with Gasteiger partial charge in [0.2, 0.25) is 0 Å². The molecule has 3 aromatic rings. The van der Waals surface area contributed by atoms with Gasteiger partial charge in [-0.15, -0.1) is 0 Å². The topological polar surface area (TPSA) is 63.7 Å². The van der Waals surface area contributed by atoms with E-state index in [9.17, 15) is 14.4 Å². The largest absolute Gasteiger partial charge is 0.445 e. The summed E-state index contributed by atoms with van der Waals surface area (Å²) in [6.45, 7) is 0.603. The van der Waals surface area contributed by atoms with E-state index in [2.05, 4.69) is 0 Å². The van der Waals surface area contributed by atoms with Crippen LogP contribution in [-0.4, -0.2) is 35.1 Å². The summed E-state index contributed by atoms with van der Waals surface area (Å²) in [5, 5.41) is 0. The molecule has 4 rings (SSSR count). The Morgan fingerprint density at radius 2 is 1.28 bits per heavy atom. The van der Waals surface area contributed by atoms with E-state index in [1.165, 1.54) is 0 Å². The Morgan fingerprint density at radius 3 is 1.81 bits per heavy atom. The Bertz CT molecular complexity index is 1020. The highest BCUT2D eigenvalue weighted by Gasteiger charge is 2.43. The number of rotatable bonds is 7. The highest BCUT2D eigenvalue weighted by atomic mass is 16.6. The van der Waals surface area contributed by atoms with Gasteiger partial charge in [0.25, 0.3) is 0 Å². The predicted octanol–water partition coefficient (Wildman–Crippen LogP) is 5.17. The first-order valence-electron chi connectivity index (χ1n) is 10.8. The molecule has 0 N–H and O–H groups in total. The average molecular weight is 428 g/mol. The lowest BCUT2D eigenvalue weighted by atomic mass is 9.83. The molecule has 1 heterocycles. The van der Waals surface area contributed by atoms with Crippen molar-refractivity contribution in [1.82, 2.24) is 4.90 Å². The number of nitrogens with zero attached hydrogens (tertiary/aromatic N) is 1. The summed E-state index contributed by atoms with van der Waals surface area (Å²) in [5.74, 6) is -1.52. The maximum absolute atomic E-state index is 13.5. The van der Waals surface area contributed by atoms with Crippen molar-refractivity contribution in [3.05, 3.63) is 108 Å². The molecule has 0 aliphatic carbocycles. The van der Waals surface area contributed by atoms with Crippen molar-refractivity contribution < 1.29 is 19.1 Å². The molecule has 1 saturated heterocycles. The first-order chi connectivity index (χ1) is 15.6. The number of hydrogen-bond donors (Lipinski definition) is 0. The standard InChI is InChI=1S/C27H25NO4/c29-25(21-13-6-2-7-14-21)24(26(30)22-15-8-3-9-16-22)23-17-10-18-28(23)27(31)32-19-20-11-4-1-5-12-20/h1-9,11-16,23-24H,10,17-19H2. The van der Waals surface area contributed by atoms with Gasteiger partial charge in [0.05, 0.1) is 6.04 Å². The Balaban J connectivity index is 1.59. The Hall–Kier alpha value is -3.73. The minimum Gasteiger partial charge on any atom is -0.445 e. The van der Waals surface area contributed by atoms with E-state index in [1.807, 2.05) is 42.5 Å². The average Bonchev–Trinajstić information content (AvgIpc) is 3.34. The molecule has 0 aromatic heterocycles. The van der Waals surface area contributed by atoms with Crippen LogP contribution >= 0.6 is 0 Å². The van der Waals surface area contributed by atoms with Crippen molar-refractivity contribution >= 4 is 17.7 Å². The second-order valence-corrected chi connectivity index (χ2v) is 7.88. The molecular formula is C27H25NO4. The van der Waals surface area contributed by atoms with Crippen LogP contribution in [0.25, 0.3) is 0 Å². The zero-order valence-corrected chi connectivity index (χ0v) is 17.7. The first kappa shape index (κ1) is 21.5. The molecule has 0 spiro atoms. The number of hydrogen-bond acceptors (Lipinski definition) is 4. The van der Waals surface area contributed by atoms with Crippen LogP contribution in [0.3, 0.4) is 0 Å². The summed E-state index contributed by atoms with van der Waals surface area (Å²) in [6, 6.07) is 26.5. The minimum atomic E-state index is -0.980. The van der Waals surface area contributed by atoms with Crippen molar-refractivity contribution in [2.45, 2.75) is 25.5 Å². The van der Waals surface area contributed by atoms with Gasteiger partial charge in [-0.3, -0.25) is 9.59 Å². The van der Waals surface area contributed by atoms with Crippen molar-refractivity contribution in [3.63, 3.8) is 0 Å². The summed E-state index contributed by atoms with van der Waals surface area (Å²) in [6.07, 6.45) is 0.789. The van der Waals surface area contributed by atoms with Gasteiger partial charge in [0, 0.05) is 17.7 Å². The van der Waals surface area contributed by atoms with Crippen LogP contribution < -0.4 is 0 Å². The van der Waals surface area contributed by atoms with Crippen LogP contribution in [0, 0.1) is 5.92 Å². The lowest BCUT2D eigenvalue weighted by molar-refractivity contribution is 0.0634. The molecule has 1 aliphatic rings. The number of ether oxygens (including phenoxy) is 1. The maximum atomic E-state index is 13.5. The summed E-state index contributed by atoms with van der Waals surface area (Å²) in [4.78, 5) is 41.5. The normalized spacial score (nSPS) is 15.5. The molecule has 1 amide bonds. The fraction of sp³-hybridized carbons (Fsp3) is 0.222. The Kier molecular flexibility index (Phi) is 6.75. The van der Waals surface area contributed by atoms with Gasteiger partial charge in [0.1, 0.15) is 12.5 Å². The monoisotopic (exact) mass is 427 g/mol.